The maximum Gasteiger partial charge on any atom is 0.227 e. The molecule has 0 aliphatic heterocycles. The van der Waals surface area contributed by atoms with Crippen molar-refractivity contribution in [1.29, 1.82) is 0 Å². The van der Waals surface area contributed by atoms with E-state index in [2.05, 4.69) is 20.4 Å². The fourth-order valence-corrected chi connectivity index (χ4v) is 2.55. The molecule has 0 spiro atoms. The number of amides is 1. The van der Waals surface area contributed by atoms with Gasteiger partial charge >= 0.3 is 0 Å². The van der Waals surface area contributed by atoms with E-state index in [0.717, 1.165) is 10.6 Å². The number of hydrogen-bond donors (Lipinski definition) is 1. The molecule has 0 radical (unpaired) electrons. The Morgan fingerprint density at radius 1 is 1.27 bits per heavy atom. The van der Waals surface area contributed by atoms with Gasteiger partial charge in [0.1, 0.15) is 5.82 Å². The summed E-state index contributed by atoms with van der Waals surface area (Å²) in [4.78, 5) is 21.3. The topological polar surface area (TPSA) is 80.9 Å². The van der Waals surface area contributed by atoms with Crippen molar-refractivity contribution in [3.63, 3.8) is 0 Å². The van der Waals surface area contributed by atoms with Gasteiger partial charge in [-0.25, -0.2) is 4.98 Å². The zero-order valence-corrected chi connectivity index (χ0v) is 12.8. The average Bonchev–Trinajstić information content (AvgIpc) is 3.16. The number of aryl methyl sites for hydroxylation is 2. The molecule has 112 valence electrons. The van der Waals surface area contributed by atoms with E-state index in [9.17, 15) is 4.79 Å². The molecule has 0 bridgehead atoms. The van der Waals surface area contributed by atoms with Gasteiger partial charge in [0.25, 0.3) is 0 Å². The van der Waals surface area contributed by atoms with Crippen LogP contribution in [-0.2, 0) is 11.2 Å². The largest absolute Gasteiger partial charge is 0.339 e. The average molecular weight is 314 g/mol. The number of carbonyl (C=O) groups is 1. The summed E-state index contributed by atoms with van der Waals surface area (Å²) in [5.74, 6) is 1.44. The normalized spacial score (nSPS) is 10.6. The Balaban J connectivity index is 1.55. The highest BCUT2D eigenvalue weighted by Crippen LogP contribution is 2.21. The first kappa shape index (κ1) is 14.4. The molecule has 1 amide bonds. The molecular weight excluding hydrogens is 300 g/mol. The lowest BCUT2D eigenvalue weighted by Crippen LogP contribution is -2.13. The summed E-state index contributed by atoms with van der Waals surface area (Å²) in [6.45, 7) is 1.88. The molecule has 3 aromatic heterocycles. The smallest absolute Gasteiger partial charge is 0.227 e. The fourth-order valence-electron chi connectivity index (χ4n) is 1.90. The fraction of sp³-hybridized carbons (Fsp3) is 0.200. The molecule has 3 aromatic rings. The van der Waals surface area contributed by atoms with E-state index in [1.165, 1.54) is 0 Å². The van der Waals surface area contributed by atoms with Gasteiger partial charge in [-0.1, -0.05) is 17.3 Å². The minimum Gasteiger partial charge on any atom is -0.339 e. The number of thiophene rings is 1. The van der Waals surface area contributed by atoms with Crippen LogP contribution in [0.5, 0.6) is 0 Å². The number of pyridine rings is 1. The number of rotatable bonds is 5. The molecule has 0 aromatic carbocycles. The van der Waals surface area contributed by atoms with Crippen LogP contribution in [0.15, 0.2) is 40.2 Å². The molecular formula is C15H14N4O2S. The summed E-state index contributed by atoms with van der Waals surface area (Å²) in [5.41, 5.74) is 0.857. The van der Waals surface area contributed by atoms with Crippen LogP contribution in [0.1, 0.15) is 18.0 Å². The van der Waals surface area contributed by atoms with Gasteiger partial charge in [-0.2, -0.15) is 4.98 Å². The van der Waals surface area contributed by atoms with Crippen LogP contribution in [0.2, 0.25) is 0 Å². The standard InChI is InChI=1S/C15H14N4O2S/c1-10-4-2-6-12(16-10)17-13(20)7-8-14-18-15(19-21-14)11-5-3-9-22-11/h2-6,9H,7-8H2,1H3,(H,16,17,20). The quantitative estimate of drug-likeness (QED) is 0.782. The number of nitrogens with zero attached hydrogens (tertiary/aromatic N) is 3. The zero-order valence-electron chi connectivity index (χ0n) is 11.9. The molecule has 7 heteroatoms. The summed E-state index contributed by atoms with van der Waals surface area (Å²) in [7, 11) is 0. The van der Waals surface area contributed by atoms with Crippen molar-refractivity contribution in [3.05, 3.63) is 47.3 Å². The molecule has 6 nitrogen and oxygen atoms in total. The van der Waals surface area contributed by atoms with Gasteiger partial charge in [0.2, 0.25) is 17.6 Å². The highest BCUT2D eigenvalue weighted by molar-refractivity contribution is 7.13. The predicted molar refractivity (Wildman–Crippen MR) is 83.5 cm³/mol. The van der Waals surface area contributed by atoms with Crippen molar-refractivity contribution in [1.82, 2.24) is 15.1 Å². The Bertz CT molecular complexity index is 767. The molecule has 3 rings (SSSR count). The molecule has 0 aliphatic carbocycles. The van der Waals surface area contributed by atoms with Crippen LogP contribution in [0.25, 0.3) is 10.7 Å². The van der Waals surface area contributed by atoms with Crippen LogP contribution in [-0.4, -0.2) is 21.0 Å². The maximum absolute atomic E-state index is 11.9. The van der Waals surface area contributed by atoms with Crippen molar-refractivity contribution in [2.45, 2.75) is 19.8 Å². The summed E-state index contributed by atoms with van der Waals surface area (Å²) < 4.78 is 5.16. The van der Waals surface area contributed by atoms with Gasteiger partial charge in [0, 0.05) is 18.5 Å². The van der Waals surface area contributed by atoms with Crippen LogP contribution < -0.4 is 5.32 Å². The van der Waals surface area contributed by atoms with Gasteiger partial charge in [0.15, 0.2) is 0 Å². The molecule has 1 N–H and O–H groups in total. The first-order chi connectivity index (χ1) is 10.7. The van der Waals surface area contributed by atoms with Crippen molar-refractivity contribution >= 4 is 23.1 Å². The molecule has 0 saturated carbocycles. The van der Waals surface area contributed by atoms with Crippen molar-refractivity contribution < 1.29 is 9.32 Å². The third-order valence-electron chi connectivity index (χ3n) is 2.93. The summed E-state index contributed by atoms with van der Waals surface area (Å²) in [6, 6.07) is 9.34. The minimum absolute atomic E-state index is 0.131. The summed E-state index contributed by atoms with van der Waals surface area (Å²) >= 11 is 1.54. The molecule has 0 atom stereocenters. The lowest BCUT2D eigenvalue weighted by Gasteiger charge is -2.03. The lowest BCUT2D eigenvalue weighted by molar-refractivity contribution is -0.116. The Morgan fingerprint density at radius 3 is 2.95 bits per heavy atom. The Kier molecular flexibility index (Phi) is 4.24. The van der Waals surface area contributed by atoms with E-state index in [1.807, 2.05) is 36.6 Å². The van der Waals surface area contributed by atoms with Gasteiger partial charge in [0.05, 0.1) is 4.88 Å². The number of carbonyl (C=O) groups excluding carboxylic acids is 1. The SMILES string of the molecule is Cc1cccc(NC(=O)CCc2nc(-c3cccs3)no2)n1. The first-order valence-corrected chi connectivity index (χ1v) is 7.68. The number of aromatic nitrogens is 3. The Hall–Kier alpha value is -2.54. The minimum atomic E-state index is -0.131. The molecule has 3 heterocycles. The molecule has 22 heavy (non-hydrogen) atoms. The molecule has 0 aliphatic rings. The van der Waals surface area contributed by atoms with Crippen molar-refractivity contribution in [2.75, 3.05) is 5.32 Å². The predicted octanol–water partition coefficient (Wildman–Crippen LogP) is 3.07. The first-order valence-electron chi connectivity index (χ1n) is 6.81. The monoisotopic (exact) mass is 314 g/mol. The van der Waals surface area contributed by atoms with Crippen LogP contribution in [0.3, 0.4) is 0 Å². The highest BCUT2D eigenvalue weighted by atomic mass is 32.1. The number of nitrogens with one attached hydrogen (secondary N) is 1. The second-order valence-corrected chi connectivity index (χ2v) is 5.65. The van der Waals surface area contributed by atoms with Crippen LogP contribution >= 0.6 is 11.3 Å². The van der Waals surface area contributed by atoms with Gasteiger partial charge in [-0.05, 0) is 30.5 Å². The molecule has 0 unspecified atom stereocenters. The van der Waals surface area contributed by atoms with Crippen LogP contribution in [0, 0.1) is 6.92 Å². The van der Waals surface area contributed by atoms with Gasteiger partial charge in [-0.15, -0.1) is 11.3 Å². The van der Waals surface area contributed by atoms with E-state index >= 15 is 0 Å². The summed E-state index contributed by atoms with van der Waals surface area (Å²) in [5, 5.41) is 8.61. The van der Waals surface area contributed by atoms with E-state index in [1.54, 1.807) is 17.4 Å². The highest BCUT2D eigenvalue weighted by Gasteiger charge is 2.11. The number of anilines is 1. The maximum atomic E-state index is 11.9. The Labute approximate surface area is 131 Å². The lowest BCUT2D eigenvalue weighted by atomic mass is 10.3. The third kappa shape index (κ3) is 3.56. The number of hydrogen-bond acceptors (Lipinski definition) is 6. The summed E-state index contributed by atoms with van der Waals surface area (Å²) in [6.07, 6.45) is 0.664. The third-order valence-corrected chi connectivity index (χ3v) is 3.80. The van der Waals surface area contributed by atoms with Crippen molar-refractivity contribution in [2.24, 2.45) is 0 Å². The van der Waals surface area contributed by atoms with E-state index in [4.69, 9.17) is 4.52 Å². The van der Waals surface area contributed by atoms with E-state index in [0.29, 0.717) is 24.0 Å². The van der Waals surface area contributed by atoms with Gasteiger partial charge in [-0.3, -0.25) is 4.79 Å². The second kappa shape index (κ2) is 6.48. The zero-order chi connectivity index (χ0) is 15.4. The Morgan fingerprint density at radius 2 is 2.18 bits per heavy atom. The van der Waals surface area contributed by atoms with E-state index < -0.39 is 0 Å². The van der Waals surface area contributed by atoms with E-state index in [-0.39, 0.29) is 12.3 Å². The molecule has 0 saturated heterocycles. The molecule has 0 fully saturated rings. The van der Waals surface area contributed by atoms with Crippen molar-refractivity contribution in [3.8, 4) is 10.7 Å². The van der Waals surface area contributed by atoms with Gasteiger partial charge < -0.3 is 9.84 Å². The van der Waals surface area contributed by atoms with Crippen LogP contribution in [0.4, 0.5) is 5.82 Å². The second-order valence-electron chi connectivity index (χ2n) is 4.70.